The summed E-state index contributed by atoms with van der Waals surface area (Å²) in [5, 5.41) is 18.9. The molecule has 0 aliphatic rings. The average Bonchev–Trinajstić information content (AvgIpc) is 3.05. The maximum atomic E-state index is 11.7. The van der Waals surface area contributed by atoms with Gasteiger partial charge in [-0.2, -0.15) is 5.21 Å². The molecule has 22 heavy (non-hydrogen) atoms. The summed E-state index contributed by atoms with van der Waals surface area (Å²) in [6.07, 6.45) is 0. The van der Waals surface area contributed by atoms with Crippen molar-refractivity contribution in [3.63, 3.8) is 0 Å². The molecule has 9 nitrogen and oxygen atoms in total. The monoisotopic (exact) mass is 303 g/mol. The number of urea groups is 1. The van der Waals surface area contributed by atoms with Crippen LogP contribution in [-0.4, -0.2) is 58.1 Å². The van der Waals surface area contributed by atoms with Crippen LogP contribution in [0.2, 0.25) is 0 Å². The third-order valence-electron chi connectivity index (χ3n) is 2.83. The van der Waals surface area contributed by atoms with Crippen LogP contribution >= 0.6 is 0 Å². The highest BCUT2D eigenvalue weighted by atomic mass is 16.2. The minimum Gasteiger partial charge on any atom is -0.350 e. The van der Waals surface area contributed by atoms with Crippen molar-refractivity contribution in [1.82, 2.24) is 36.2 Å². The molecule has 3 amide bonds. The lowest BCUT2D eigenvalue weighted by atomic mass is 10.1. The number of benzene rings is 1. The lowest BCUT2D eigenvalue weighted by Crippen LogP contribution is -2.41. The number of nitrogens with zero attached hydrogens (tertiary/aromatic N) is 4. The first-order chi connectivity index (χ1) is 10.6. The number of carbonyl (C=O) groups is 2. The topological polar surface area (TPSA) is 116 Å². The van der Waals surface area contributed by atoms with E-state index in [2.05, 4.69) is 31.3 Å². The predicted molar refractivity (Wildman–Crippen MR) is 78.5 cm³/mol. The van der Waals surface area contributed by atoms with Gasteiger partial charge in [0, 0.05) is 26.2 Å². The summed E-state index contributed by atoms with van der Waals surface area (Å²) >= 11 is 0. The van der Waals surface area contributed by atoms with E-state index in [0.717, 1.165) is 11.1 Å². The zero-order chi connectivity index (χ0) is 15.9. The fourth-order valence-corrected chi connectivity index (χ4v) is 1.68. The van der Waals surface area contributed by atoms with Gasteiger partial charge in [-0.25, -0.2) is 4.79 Å². The minimum atomic E-state index is -0.311. The van der Waals surface area contributed by atoms with Gasteiger partial charge in [0.05, 0.1) is 6.54 Å². The number of carbonyl (C=O) groups excluding carboxylic acids is 2. The largest absolute Gasteiger partial charge is 0.350 e. The van der Waals surface area contributed by atoms with Gasteiger partial charge in [0.25, 0.3) is 0 Å². The highest BCUT2D eigenvalue weighted by molar-refractivity contribution is 5.83. The Morgan fingerprint density at radius 2 is 2.09 bits per heavy atom. The molecule has 0 unspecified atom stereocenters. The second-order valence-electron chi connectivity index (χ2n) is 4.77. The predicted octanol–water partition coefficient (Wildman–Crippen LogP) is -0.246. The van der Waals surface area contributed by atoms with Gasteiger partial charge in [0.15, 0.2) is 0 Å². The summed E-state index contributed by atoms with van der Waals surface area (Å²) in [4.78, 5) is 24.3. The Morgan fingerprint density at radius 1 is 1.27 bits per heavy atom. The summed E-state index contributed by atoms with van der Waals surface area (Å²) in [5.41, 5.74) is 1.70. The number of rotatable bonds is 5. The van der Waals surface area contributed by atoms with Crippen LogP contribution in [0, 0.1) is 0 Å². The lowest BCUT2D eigenvalue weighted by Gasteiger charge is -2.12. The minimum absolute atomic E-state index is 0.0679. The molecule has 0 radical (unpaired) electrons. The van der Waals surface area contributed by atoms with Gasteiger partial charge in [0.2, 0.25) is 11.7 Å². The first-order valence-corrected chi connectivity index (χ1v) is 6.61. The fraction of sp³-hybridized carbons (Fsp3) is 0.308. The van der Waals surface area contributed by atoms with E-state index in [1.807, 2.05) is 24.3 Å². The van der Waals surface area contributed by atoms with Gasteiger partial charge in [-0.3, -0.25) is 4.79 Å². The number of hydrogen-bond acceptors (Lipinski definition) is 5. The summed E-state index contributed by atoms with van der Waals surface area (Å²) in [5.74, 6) is 0.228. The van der Waals surface area contributed by atoms with Crippen molar-refractivity contribution in [2.45, 2.75) is 6.54 Å². The van der Waals surface area contributed by atoms with Crippen LogP contribution in [-0.2, 0) is 11.3 Å². The molecule has 0 atom stereocenters. The molecule has 0 aliphatic heterocycles. The van der Waals surface area contributed by atoms with Gasteiger partial charge in [-0.05, 0) is 16.8 Å². The van der Waals surface area contributed by atoms with Crippen LogP contribution in [0.25, 0.3) is 11.4 Å². The van der Waals surface area contributed by atoms with Gasteiger partial charge in [-0.1, -0.05) is 18.2 Å². The molecular formula is C13H17N7O2. The van der Waals surface area contributed by atoms with Crippen molar-refractivity contribution in [2.24, 2.45) is 0 Å². The first-order valence-electron chi connectivity index (χ1n) is 6.61. The van der Waals surface area contributed by atoms with E-state index in [9.17, 15) is 9.59 Å². The molecule has 2 aromatic rings. The summed E-state index contributed by atoms with van der Waals surface area (Å²) in [7, 11) is 3.22. The number of tetrazole rings is 1. The average molecular weight is 303 g/mol. The van der Waals surface area contributed by atoms with E-state index >= 15 is 0 Å². The first kappa shape index (κ1) is 15.4. The van der Waals surface area contributed by atoms with Crippen LogP contribution in [0.5, 0.6) is 0 Å². The van der Waals surface area contributed by atoms with Crippen LogP contribution in [0.1, 0.15) is 5.56 Å². The van der Waals surface area contributed by atoms with E-state index in [4.69, 9.17) is 0 Å². The third kappa shape index (κ3) is 4.27. The van der Waals surface area contributed by atoms with Crippen molar-refractivity contribution >= 4 is 11.9 Å². The Balaban J connectivity index is 1.85. The van der Waals surface area contributed by atoms with Crippen LogP contribution in [0.3, 0.4) is 0 Å². The Hall–Kier alpha value is -2.97. The Morgan fingerprint density at radius 3 is 2.77 bits per heavy atom. The van der Waals surface area contributed by atoms with Crippen molar-refractivity contribution in [3.8, 4) is 11.4 Å². The number of hydrogen-bond donors (Lipinski definition) is 3. The Labute approximate surface area is 127 Å². The van der Waals surface area contributed by atoms with Gasteiger partial charge >= 0.3 is 6.03 Å². The lowest BCUT2D eigenvalue weighted by molar-refractivity contribution is -0.120. The van der Waals surface area contributed by atoms with Gasteiger partial charge in [0.1, 0.15) is 0 Å². The quantitative estimate of drug-likeness (QED) is 0.704. The summed E-state index contributed by atoms with van der Waals surface area (Å²) < 4.78 is 0. The molecule has 2 rings (SSSR count). The standard InChI is InChI=1S/C13H17N7O2/c1-20(2)13(22)15-8-11(21)14-7-9-4-3-5-10(6-9)12-16-18-19-17-12/h3-6H,7-8H2,1-2H3,(H,14,21)(H,15,22)(H,16,17,18,19). The number of aromatic amines is 1. The van der Waals surface area contributed by atoms with Crippen molar-refractivity contribution in [2.75, 3.05) is 20.6 Å². The summed E-state index contributed by atoms with van der Waals surface area (Å²) in [6, 6.07) is 7.13. The maximum absolute atomic E-state index is 11.7. The SMILES string of the molecule is CN(C)C(=O)NCC(=O)NCc1cccc(-c2nn[nH]n2)c1. The highest BCUT2D eigenvalue weighted by Crippen LogP contribution is 2.14. The molecule has 1 aromatic carbocycles. The normalized spacial score (nSPS) is 10.1. The number of nitrogens with one attached hydrogen (secondary N) is 3. The number of amides is 3. The van der Waals surface area contributed by atoms with Crippen LogP contribution < -0.4 is 10.6 Å². The van der Waals surface area contributed by atoms with Crippen LogP contribution in [0.15, 0.2) is 24.3 Å². The van der Waals surface area contributed by atoms with E-state index in [-0.39, 0.29) is 18.5 Å². The molecule has 0 saturated carbocycles. The molecule has 0 saturated heterocycles. The Bertz CT molecular complexity index is 640. The zero-order valence-corrected chi connectivity index (χ0v) is 12.3. The van der Waals surface area contributed by atoms with E-state index in [1.165, 1.54) is 4.90 Å². The smallest absolute Gasteiger partial charge is 0.317 e. The molecular weight excluding hydrogens is 286 g/mol. The van der Waals surface area contributed by atoms with E-state index in [0.29, 0.717) is 12.4 Å². The molecule has 0 spiro atoms. The maximum Gasteiger partial charge on any atom is 0.317 e. The highest BCUT2D eigenvalue weighted by Gasteiger charge is 2.07. The second kappa shape index (κ2) is 7.16. The molecule has 0 aliphatic carbocycles. The number of aromatic nitrogens is 4. The molecule has 1 aromatic heterocycles. The fourth-order valence-electron chi connectivity index (χ4n) is 1.68. The molecule has 1 heterocycles. The molecule has 0 bridgehead atoms. The second-order valence-corrected chi connectivity index (χ2v) is 4.77. The third-order valence-corrected chi connectivity index (χ3v) is 2.83. The number of H-pyrrole nitrogens is 1. The molecule has 116 valence electrons. The van der Waals surface area contributed by atoms with Crippen molar-refractivity contribution < 1.29 is 9.59 Å². The molecule has 3 N–H and O–H groups in total. The zero-order valence-electron chi connectivity index (χ0n) is 12.3. The van der Waals surface area contributed by atoms with Crippen LogP contribution in [0.4, 0.5) is 4.79 Å². The van der Waals surface area contributed by atoms with Crippen molar-refractivity contribution in [1.29, 1.82) is 0 Å². The van der Waals surface area contributed by atoms with E-state index in [1.54, 1.807) is 14.1 Å². The van der Waals surface area contributed by atoms with E-state index < -0.39 is 0 Å². The molecule has 9 heteroatoms. The Kier molecular flexibility index (Phi) is 5.02. The van der Waals surface area contributed by atoms with Crippen molar-refractivity contribution in [3.05, 3.63) is 29.8 Å². The van der Waals surface area contributed by atoms with Gasteiger partial charge in [-0.15, -0.1) is 10.2 Å². The summed E-state index contributed by atoms with van der Waals surface area (Å²) in [6.45, 7) is 0.282. The van der Waals surface area contributed by atoms with Gasteiger partial charge < -0.3 is 15.5 Å². The molecule has 0 fully saturated rings.